The molecule has 0 saturated heterocycles. The van der Waals surface area contributed by atoms with Crippen molar-refractivity contribution in [3.05, 3.63) is 69.2 Å². The van der Waals surface area contributed by atoms with E-state index in [1.165, 1.54) is 10.6 Å². The molecule has 2 aromatic heterocycles. The zero-order chi connectivity index (χ0) is 14.1. The van der Waals surface area contributed by atoms with E-state index in [1.807, 2.05) is 24.3 Å². The van der Waals surface area contributed by atoms with E-state index in [0.717, 1.165) is 15.4 Å². The van der Waals surface area contributed by atoms with Crippen LogP contribution in [0.3, 0.4) is 0 Å². The Hall–Kier alpha value is -2.14. The van der Waals surface area contributed by atoms with E-state index in [1.54, 1.807) is 18.5 Å². The quantitative estimate of drug-likeness (QED) is 0.750. The number of carbonyl (C=O) groups is 1. The summed E-state index contributed by atoms with van der Waals surface area (Å²) >= 11 is 3.30. The summed E-state index contributed by atoms with van der Waals surface area (Å²) in [5.41, 5.74) is 1.33. The van der Waals surface area contributed by atoms with Gasteiger partial charge in [0.2, 0.25) is 0 Å². The lowest BCUT2D eigenvalue weighted by molar-refractivity contribution is 0.0972. The highest BCUT2D eigenvalue weighted by atomic mass is 79.9. The molecule has 0 aliphatic carbocycles. The number of Topliss-reactive ketones (excluding diaryl/α,β-unsaturated/α-hetero) is 1. The van der Waals surface area contributed by atoms with Gasteiger partial charge in [0, 0.05) is 39.4 Å². The summed E-state index contributed by atoms with van der Waals surface area (Å²) in [6, 6.07) is 10.7. The van der Waals surface area contributed by atoms with E-state index in [4.69, 9.17) is 0 Å². The summed E-state index contributed by atoms with van der Waals surface area (Å²) < 4.78 is 2.16. The zero-order valence-electron chi connectivity index (χ0n) is 10.5. The minimum absolute atomic E-state index is 0.0279. The van der Waals surface area contributed by atoms with Gasteiger partial charge in [-0.25, -0.2) is 0 Å². The first-order valence-corrected chi connectivity index (χ1v) is 6.90. The van der Waals surface area contributed by atoms with Crippen molar-refractivity contribution in [2.24, 2.45) is 0 Å². The highest BCUT2D eigenvalue weighted by Crippen LogP contribution is 2.18. The van der Waals surface area contributed by atoms with E-state index >= 15 is 0 Å². The summed E-state index contributed by atoms with van der Waals surface area (Å²) in [6.45, 7) is 0.0279. The van der Waals surface area contributed by atoms with Gasteiger partial charge in [-0.2, -0.15) is 0 Å². The fraction of sp³-hybridized carbons (Fsp3) is 0.0667. The van der Waals surface area contributed by atoms with Crippen LogP contribution in [0.2, 0.25) is 0 Å². The van der Waals surface area contributed by atoms with Gasteiger partial charge in [0.05, 0.1) is 6.54 Å². The first kappa shape index (κ1) is 12.9. The lowest BCUT2D eigenvalue weighted by Gasteiger charge is -2.04. The number of H-pyrrole nitrogens is 1. The molecule has 4 nitrogen and oxygen atoms in total. The number of fused-ring (bicyclic) bond motifs is 1. The van der Waals surface area contributed by atoms with Gasteiger partial charge in [-0.1, -0.05) is 18.2 Å². The molecule has 1 N–H and O–H groups in total. The van der Waals surface area contributed by atoms with Crippen molar-refractivity contribution >= 4 is 32.6 Å². The normalized spacial score (nSPS) is 10.8. The summed E-state index contributed by atoms with van der Waals surface area (Å²) in [5, 5.41) is 0.876. The molecule has 3 aromatic rings. The van der Waals surface area contributed by atoms with Crippen LogP contribution in [0.25, 0.3) is 10.9 Å². The van der Waals surface area contributed by atoms with Crippen LogP contribution >= 0.6 is 15.9 Å². The average molecular weight is 331 g/mol. The summed E-state index contributed by atoms with van der Waals surface area (Å²) in [5.74, 6) is -0.0948. The largest absolute Gasteiger partial charge is 0.360 e. The van der Waals surface area contributed by atoms with Crippen LogP contribution in [0, 0.1) is 0 Å². The molecule has 3 rings (SSSR count). The smallest absolute Gasteiger partial charge is 0.251 e. The second-order valence-electron chi connectivity index (χ2n) is 4.48. The van der Waals surface area contributed by atoms with E-state index in [2.05, 4.69) is 20.9 Å². The second kappa shape index (κ2) is 5.09. The van der Waals surface area contributed by atoms with Crippen LogP contribution < -0.4 is 5.56 Å². The lowest BCUT2D eigenvalue weighted by atomic mass is 10.1. The summed E-state index contributed by atoms with van der Waals surface area (Å²) in [6.07, 6.45) is 3.31. The van der Waals surface area contributed by atoms with Gasteiger partial charge >= 0.3 is 0 Å². The number of para-hydroxylation sites is 1. The van der Waals surface area contributed by atoms with Gasteiger partial charge in [0.1, 0.15) is 0 Å². The third kappa shape index (κ3) is 2.32. The minimum atomic E-state index is -0.193. The first-order chi connectivity index (χ1) is 9.65. The molecule has 1 aromatic carbocycles. The fourth-order valence-electron chi connectivity index (χ4n) is 2.17. The number of benzene rings is 1. The van der Waals surface area contributed by atoms with Crippen LogP contribution in [-0.4, -0.2) is 15.3 Å². The highest BCUT2D eigenvalue weighted by Gasteiger charge is 2.12. The predicted molar refractivity (Wildman–Crippen MR) is 81.0 cm³/mol. The number of hydrogen-bond acceptors (Lipinski definition) is 2. The van der Waals surface area contributed by atoms with Crippen LogP contribution in [0.15, 0.2) is 58.1 Å². The Morgan fingerprint density at radius 1 is 1.20 bits per heavy atom. The molecule has 20 heavy (non-hydrogen) atoms. The van der Waals surface area contributed by atoms with Gasteiger partial charge in [-0.15, -0.1) is 0 Å². The van der Waals surface area contributed by atoms with Crippen LogP contribution in [0.4, 0.5) is 0 Å². The second-order valence-corrected chi connectivity index (χ2v) is 5.40. The monoisotopic (exact) mass is 330 g/mol. The van der Waals surface area contributed by atoms with Crippen molar-refractivity contribution in [2.75, 3.05) is 0 Å². The average Bonchev–Trinajstić information content (AvgIpc) is 2.87. The van der Waals surface area contributed by atoms with Crippen LogP contribution in [0.1, 0.15) is 10.4 Å². The summed E-state index contributed by atoms with van der Waals surface area (Å²) in [4.78, 5) is 27.1. The van der Waals surface area contributed by atoms with E-state index in [0.29, 0.717) is 5.56 Å². The molecule has 0 spiro atoms. The molecule has 5 heteroatoms. The molecular formula is C15H11BrN2O2. The number of halogens is 1. The fourth-order valence-corrected chi connectivity index (χ4v) is 2.55. The number of nitrogens with zero attached hydrogens (tertiary/aromatic N) is 1. The number of ketones is 1. The molecule has 0 amide bonds. The molecule has 0 atom stereocenters. The van der Waals surface area contributed by atoms with Gasteiger partial charge in [0.25, 0.3) is 5.56 Å². The minimum Gasteiger partial charge on any atom is -0.360 e. The Kier molecular flexibility index (Phi) is 3.28. The highest BCUT2D eigenvalue weighted by molar-refractivity contribution is 9.10. The summed E-state index contributed by atoms with van der Waals surface area (Å²) in [7, 11) is 0. The Labute approximate surface area is 123 Å². The van der Waals surface area contributed by atoms with Crippen molar-refractivity contribution in [1.29, 1.82) is 0 Å². The molecule has 100 valence electrons. The SMILES string of the molecule is O=C(Cn1cc(Br)ccc1=O)c1c[nH]c2ccccc12. The Morgan fingerprint density at radius 2 is 2.00 bits per heavy atom. The predicted octanol–water partition coefficient (Wildman–Crippen LogP) is 2.98. The van der Waals surface area contributed by atoms with E-state index in [9.17, 15) is 9.59 Å². The molecule has 0 unspecified atom stereocenters. The molecule has 0 fully saturated rings. The third-order valence-corrected chi connectivity index (χ3v) is 3.62. The lowest BCUT2D eigenvalue weighted by Crippen LogP contribution is -2.22. The number of aromatic nitrogens is 2. The number of hydrogen-bond donors (Lipinski definition) is 1. The topological polar surface area (TPSA) is 54.9 Å². The van der Waals surface area contributed by atoms with Crippen LogP contribution in [0.5, 0.6) is 0 Å². The number of pyridine rings is 1. The van der Waals surface area contributed by atoms with E-state index in [-0.39, 0.29) is 17.9 Å². The molecule has 0 aliphatic rings. The Morgan fingerprint density at radius 3 is 2.85 bits per heavy atom. The van der Waals surface area contributed by atoms with Crippen molar-refractivity contribution < 1.29 is 4.79 Å². The zero-order valence-corrected chi connectivity index (χ0v) is 12.1. The van der Waals surface area contributed by atoms with Crippen molar-refractivity contribution in [2.45, 2.75) is 6.54 Å². The molecule has 0 radical (unpaired) electrons. The maximum Gasteiger partial charge on any atom is 0.251 e. The van der Waals surface area contributed by atoms with Gasteiger partial charge in [-0.05, 0) is 28.1 Å². The number of aromatic amines is 1. The molecule has 0 saturated carbocycles. The van der Waals surface area contributed by atoms with Gasteiger partial charge in [0.15, 0.2) is 5.78 Å². The number of carbonyl (C=O) groups excluding carboxylic acids is 1. The van der Waals surface area contributed by atoms with Gasteiger partial charge < -0.3 is 9.55 Å². The molecule has 0 aliphatic heterocycles. The van der Waals surface area contributed by atoms with Crippen molar-refractivity contribution in [1.82, 2.24) is 9.55 Å². The van der Waals surface area contributed by atoms with E-state index < -0.39 is 0 Å². The van der Waals surface area contributed by atoms with Crippen LogP contribution in [-0.2, 0) is 6.54 Å². The maximum absolute atomic E-state index is 12.4. The molecule has 2 heterocycles. The van der Waals surface area contributed by atoms with Crippen molar-refractivity contribution in [3.8, 4) is 0 Å². The standard InChI is InChI=1S/C15H11BrN2O2/c16-10-5-6-15(20)18(8-10)9-14(19)12-7-17-13-4-2-1-3-11(12)13/h1-8,17H,9H2. The molecule has 0 bridgehead atoms. The maximum atomic E-state index is 12.4. The Bertz CT molecular complexity index is 848. The first-order valence-electron chi connectivity index (χ1n) is 6.10. The van der Waals surface area contributed by atoms with Gasteiger partial charge in [-0.3, -0.25) is 9.59 Å². The third-order valence-electron chi connectivity index (χ3n) is 3.15. The number of rotatable bonds is 3. The molecular weight excluding hydrogens is 320 g/mol. The van der Waals surface area contributed by atoms with Crippen molar-refractivity contribution in [3.63, 3.8) is 0 Å². The number of nitrogens with one attached hydrogen (secondary N) is 1. The Balaban J connectivity index is 1.97.